The second-order valence-corrected chi connectivity index (χ2v) is 6.16. The van der Waals surface area contributed by atoms with Crippen molar-refractivity contribution in [2.24, 2.45) is 0 Å². The van der Waals surface area contributed by atoms with Crippen molar-refractivity contribution >= 4 is 0 Å². The molecule has 26 heavy (non-hydrogen) atoms. The molecule has 142 valence electrons. The fourth-order valence-electron chi connectivity index (χ4n) is 2.55. The van der Waals surface area contributed by atoms with Crippen LogP contribution in [0.3, 0.4) is 0 Å². The van der Waals surface area contributed by atoms with Crippen LogP contribution < -0.4 is 0 Å². The molecule has 6 heteroatoms. The van der Waals surface area contributed by atoms with E-state index < -0.39 is 17.8 Å². The summed E-state index contributed by atoms with van der Waals surface area (Å²) in [6.45, 7) is 1.86. The summed E-state index contributed by atoms with van der Waals surface area (Å²) in [5.41, 5.74) is 0.111. The first-order valence-corrected chi connectivity index (χ1v) is 8.44. The molecule has 0 aliphatic heterocycles. The number of hydrogen-bond acceptors (Lipinski definition) is 3. The summed E-state index contributed by atoms with van der Waals surface area (Å²) < 4.78 is 51.5. The third-order valence-corrected chi connectivity index (χ3v) is 3.85. The Bertz CT molecular complexity index is 660. The summed E-state index contributed by atoms with van der Waals surface area (Å²) in [6.07, 6.45) is -5.23. The Morgan fingerprint density at radius 3 is 2.19 bits per heavy atom. The molecule has 0 N–H and O–H groups in total. The molecule has 0 bridgehead atoms. The van der Waals surface area contributed by atoms with E-state index in [0.29, 0.717) is 18.8 Å². The molecule has 0 aromatic heterocycles. The SMILES string of the molecule is CN(C)CCOCCO[C@@H](c1ccccc1)c1ccccc1C(F)(F)F. The Morgan fingerprint density at radius 1 is 0.885 bits per heavy atom. The molecule has 0 aliphatic rings. The molecule has 0 unspecified atom stereocenters. The lowest BCUT2D eigenvalue weighted by Gasteiger charge is -2.23. The molecule has 1 atom stereocenters. The first kappa shape index (κ1) is 20.4. The summed E-state index contributed by atoms with van der Waals surface area (Å²) in [5.74, 6) is 0. The van der Waals surface area contributed by atoms with Gasteiger partial charge in [-0.1, -0.05) is 48.5 Å². The van der Waals surface area contributed by atoms with Crippen LogP contribution in [0.1, 0.15) is 22.8 Å². The minimum Gasteiger partial charge on any atom is -0.378 e. The molecule has 0 aliphatic carbocycles. The highest BCUT2D eigenvalue weighted by Crippen LogP contribution is 2.37. The summed E-state index contributed by atoms with van der Waals surface area (Å²) in [6, 6.07) is 14.5. The maximum atomic E-state index is 13.4. The number of ether oxygens (including phenoxy) is 2. The van der Waals surface area contributed by atoms with Crippen LogP contribution in [0.15, 0.2) is 54.6 Å². The van der Waals surface area contributed by atoms with Gasteiger partial charge in [0.05, 0.1) is 25.4 Å². The smallest absolute Gasteiger partial charge is 0.378 e. The van der Waals surface area contributed by atoms with Gasteiger partial charge in [0.1, 0.15) is 6.10 Å². The van der Waals surface area contributed by atoms with Gasteiger partial charge in [-0.2, -0.15) is 13.2 Å². The molecule has 0 radical (unpaired) electrons. The molecule has 0 saturated heterocycles. The van der Waals surface area contributed by atoms with Crippen molar-refractivity contribution in [3.05, 3.63) is 71.3 Å². The number of benzene rings is 2. The van der Waals surface area contributed by atoms with Crippen LogP contribution in [-0.2, 0) is 15.7 Å². The highest BCUT2D eigenvalue weighted by atomic mass is 19.4. The Balaban J connectivity index is 2.14. The minimum atomic E-state index is -4.44. The monoisotopic (exact) mass is 367 g/mol. The number of rotatable bonds is 9. The summed E-state index contributed by atoms with van der Waals surface area (Å²) in [7, 11) is 3.89. The number of nitrogens with zero attached hydrogens (tertiary/aromatic N) is 1. The maximum Gasteiger partial charge on any atom is 0.416 e. The van der Waals surface area contributed by atoms with Crippen LogP contribution in [0.4, 0.5) is 13.2 Å². The second-order valence-electron chi connectivity index (χ2n) is 6.16. The number of hydrogen-bond donors (Lipinski definition) is 0. The molecule has 0 fully saturated rings. The van der Waals surface area contributed by atoms with Crippen LogP contribution in [0, 0.1) is 0 Å². The van der Waals surface area contributed by atoms with Gasteiger partial charge in [-0.15, -0.1) is 0 Å². The van der Waals surface area contributed by atoms with Crippen LogP contribution in [0.5, 0.6) is 0 Å². The molecule has 0 spiro atoms. The van der Waals surface area contributed by atoms with E-state index in [-0.39, 0.29) is 12.2 Å². The van der Waals surface area contributed by atoms with Crippen molar-refractivity contribution in [2.45, 2.75) is 12.3 Å². The van der Waals surface area contributed by atoms with Gasteiger partial charge in [0.2, 0.25) is 0 Å². The lowest BCUT2D eigenvalue weighted by atomic mass is 9.96. The van der Waals surface area contributed by atoms with E-state index in [2.05, 4.69) is 0 Å². The van der Waals surface area contributed by atoms with Crippen molar-refractivity contribution < 1.29 is 22.6 Å². The number of alkyl halides is 3. The third-order valence-electron chi connectivity index (χ3n) is 3.85. The van der Waals surface area contributed by atoms with Crippen molar-refractivity contribution in [1.82, 2.24) is 4.90 Å². The summed E-state index contributed by atoms with van der Waals surface area (Å²) in [4.78, 5) is 1.99. The molecule has 2 rings (SSSR count). The zero-order valence-corrected chi connectivity index (χ0v) is 15.0. The fourth-order valence-corrected chi connectivity index (χ4v) is 2.55. The Morgan fingerprint density at radius 2 is 1.54 bits per heavy atom. The first-order valence-electron chi connectivity index (χ1n) is 8.44. The molecule has 0 heterocycles. The molecule has 2 aromatic carbocycles. The topological polar surface area (TPSA) is 21.7 Å². The van der Waals surface area contributed by atoms with Crippen LogP contribution in [0.2, 0.25) is 0 Å². The van der Waals surface area contributed by atoms with Crippen molar-refractivity contribution in [3.63, 3.8) is 0 Å². The second kappa shape index (κ2) is 9.71. The summed E-state index contributed by atoms with van der Waals surface area (Å²) >= 11 is 0. The first-order chi connectivity index (χ1) is 12.4. The van der Waals surface area contributed by atoms with Crippen LogP contribution >= 0.6 is 0 Å². The van der Waals surface area contributed by atoms with Gasteiger partial charge < -0.3 is 14.4 Å². The summed E-state index contributed by atoms with van der Waals surface area (Å²) in [5, 5.41) is 0. The largest absolute Gasteiger partial charge is 0.416 e. The van der Waals surface area contributed by atoms with E-state index in [9.17, 15) is 13.2 Å². The molecule has 0 saturated carbocycles. The van der Waals surface area contributed by atoms with E-state index in [0.717, 1.165) is 12.6 Å². The standard InChI is InChI=1S/C20H24F3NO2/c1-24(2)12-13-25-14-15-26-19(16-8-4-3-5-9-16)17-10-6-7-11-18(17)20(21,22)23/h3-11,19H,12-15H2,1-2H3/t19-/m0/s1. The predicted octanol–water partition coefficient (Wildman–Crippen LogP) is 4.39. The number of halogens is 3. The zero-order chi connectivity index (χ0) is 19.0. The Hall–Kier alpha value is -1.89. The molecule has 2 aromatic rings. The Kier molecular flexibility index (Phi) is 7.63. The van der Waals surface area contributed by atoms with Gasteiger partial charge in [-0.25, -0.2) is 0 Å². The lowest BCUT2D eigenvalue weighted by molar-refractivity contribution is -0.139. The molecule has 0 amide bonds. The fraction of sp³-hybridized carbons (Fsp3) is 0.400. The van der Waals surface area contributed by atoms with E-state index in [1.807, 2.05) is 25.1 Å². The van der Waals surface area contributed by atoms with Gasteiger partial charge in [0, 0.05) is 6.54 Å². The van der Waals surface area contributed by atoms with E-state index in [1.165, 1.54) is 12.1 Å². The average Bonchev–Trinajstić information content (AvgIpc) is 2.61. The van der Waals surface area contributed by atoms with Gasteiger partial charge in [0.15, 0.2) is 0 Å². The van der Waals surface area contributed by atoms with Gasteiger partial charge in [-0.3, -0.25) is 0 Å². The van der Waals surface area contributed by atoms with Crippen molar-refractivity contribution in [2.75, 3.05) is 40.5 Å². The normalized spacial score (nSPS) is 13.2. The quantitative estimate of drug-likeness (QED) is 0.614. The van der Waals surface area contributed by atoms with Gasteiger partial charge in [-0.05, 0) is 31.3 Å². The zero-order valence-electron chi connectivity index (χ0n) is 15.0. The van der Waals surface area contributed by atoms with E-state index in [4.69, 9.17) is 9.47 Å². The Labute approximate surface area is 152 Å². The third kappa shape index (κ3) is 6.12. The molecule has 3 nitrogen and oxygen atoms in total. The lowest BCUT2D eigenvalue weighted by Crippen LogP contribution is -2.20. The average molecular weight is 367 g/mol. The highest BCUT2D eigenvalue weighted by molar-refractivity contribution is 5.37. The van der Waals surface area contributed by atoms with Gasteiger partial charge >= 0.3 is 6.18 Å². The van der Waals surface area contributed by atoms with E-state index >= 15 is 0 Å². The molecular weight excluding hydrogens is 343 g/mol. The number of likely N-dealkylation sites (N-methyl/N-ethyl adjacent to an activating group) is 1. The van der Waals surface area contributed by atoms with Crippen molar-refractivity contribution in [3.8, 4) is 0 Å². The van der Waals surface area contributed by atoms with Crippen LogP contribution in [-0.4, -0.2) is 45.4 Å². The molecular formula is C20H24F3NO2. The van der Waals surface area contributed by atoms with Gasteiger partial charge in [0.25, 0.3) is 0 Å². The minimum absolute atomic E-state index is 0.111. The van der Waals surface area contributed by atoms with Crippen LogP contribution in [0.25, 0.3) is 0 Å². The maximum absolute atomic E-state index is 13.4. The predicted molar refractivity (Wildman–Crippen MR) is 95.1 cm³/mol. The van der Waals surface area contributed by atoms with E-state index in [1.54, 1.807) is 30.3 Å². The van der Waals surface area contributed by atoms with Crippen molar-refractivity contribution in [1.29, 1.82) is 0 Å². The highest BCUT2D eigenvalue weighted by Gasteiger charge is 2.35.